The van der Waals surface area contributed by atoms with Crippen LogP contribution in [-0.4, -0.2) is 28.9 Å². The molecular formula is C17H29O2Sn. The summed E-state index contributed by atoms with van der Waals surface area (Å²) in [4.78, 5) is 11.6. The number of allylic oxidation sites excluding steroid dienone is 3. The molecule has 0 aliphatic carbocycles. The Morgan fingerprint density at radius 3 is 2.10 bits per heavy atom. The van der Waals surface area contributed by atoms with E-state index in [0.717, 1.165) is 32.1 Å². The molecule has 1 heterocycles. The third kappa shape index (κ3) is 4.94. The second kappa shape index (κ2) is 9.64. The molecule has 20 heavy (non-hydrogen) atoms. The molecule has 0 aromatic rings. The van der Waals surface area contributed by atoms with E-state index < -0.39 is 23.7 Å². The van der Waals surface area contributed by atoms with E-state index in [9.17, 15) is 9.90 Å². The molecule has 0 bridgehead atoms. The van der Waals surface area contributed by atoms with Crippen LogP contribution in [0.1, 0.15) is 78.6 Å². The van der Waals surface area contributed by atoms with Crippen LogP contribution < -0.4 is 0 Å². The molecule has 2 nitrogen and oxygen atoms in total. The van der Waals surface area contributed by atoms with Gasteiger partial charge in [0.05, 0.1) is 0 Å². The standard InChI is InChI=1S/C16H28.CHO2.Sn/c1-5-8-11-14-16(13-10-7-3)15(4)12-9-6-2;2-1-3;/h4H,5-13H2,1-3H3;(H,2,3);. The molecule has 3 heteroatoms. The molecule has 0 spiro atoms. The zero-order valence-electron chi connectivity index (χ0n) is 13.3. The normalized spacial score (nSPS) is 15.8. The minimum atomic E-state index is -2.50. The van der Waals surface area contributed by atoms with Crippen LogP contribution in [0.15, 0.2) is 18.8 Å². The molecule has 1 aliphatic rings. The molecule has 0 saturated carbocycles. The van der Waals surface area contributed by atoms with Crippen molar-refractivity contribution in [3.05, 3.63) is 18.8 Å². The van der Waals surface area contributed by atoms with Crippen molar-refractivity contribution in [2.75, 3.05) is 0 Å². The van der Waals surface area contributed by atoms with E-state index in [2.05, 4.69) is 24.9 Å². The summed E-state index contributed by atoms with van der Waals surface area (Å²) in [5.74, 6) is 0. The number of carbonyl (C=O) groups is 1. The fraction of sp³-hybridized carbons (Fsp3) is 0.706. The van der Waals surface area contributed by atoms with Gasteiger partial charge >= 0.3 is 131 Å². The Kier molecular flexibility index (Phi) is 8.58. The minimum absolute atomic E-state index is 0.473. The van der Waals surface area contributed by atoms with E-state index in [0.29, 0.717) is 0 Å². The first kappa shape index (κ1) is 17.8. The molecule has 113 valence electrons. The van der Waals surface area contributed by atoms with Gasteiger partial charge in [-0.1, -0.05) is 0 Å². The molecule has 1 aliphatic heterocycles. The molecule has 0 unspecified atom stereocenters. The van der Waals surface area contributed by atoms with Crippen LogP contribution in [0.5, 0.6) is 0 Å². The van der Waals surface area contributed by atoms with Crippen molar-refractivity contribution in [2.24, 2.45) is 0 Å². The Hall–Kier alpha value is -0.251. The third-order valence-corrected chi connectivity index (χ3v) is 10.6. The zero-order valence-corrected chi connectivity index (χ0v) is 16.2. The summed E-state index contributed by atoms with van der Waals surface area (Å²) in [5, 5.41) is 9.58. The van der Waals surface area contributed by atoms with Crippen LogP contribution in [0, 0.1) is 0 Å². The van der Waals surface area contributed by atoms with Crippen molar-refractivity contribution < 1.29 is 9.90 Å². The van der Waals surface area contributed by atoms with Gasteiger partial charge in [0.15, 0.2) is 0 Å². The van der Waals surface area contributed by atoms with Crippen molar-refractivity contribution in [1.82, 2.24) is 0 Å². The Morgan fingerprint density at radius 2 is 1.55 bits per heavy atom. The van der Waals surface area contributed by atoms with Gasteiger partial charge in [0, 0.05) is 0 Å². The number of rotatable bonds is 10. The third-order valence-electron chi connectivity index (χ3n) is 3.99. The maximum absolute atomic E-state index is 11.6. The van der Waals surface area contributed by atoms with Gasteiger partial charge in [-0.05, 0) is 0 Å². The van der Waals surface area contributed by atoms with E-state index in [-0.39, 0.29) is 0 Å². The molecule has 0 aromatic carbocycles. The quantitative estimate of drug-likeness (QED) is 0.496. The summed E-state index contributed by atoms with van der Waals surface area (Å²) in [6.07, 6.45) is 10.3. The monoisotopic (exact) mass is 385 g/mol. The predicted molar refractivity (Wildman–Crippen MR) is 87.5 cm³/mol. The predicted octanol–water partition coefficient (Wildman–Crippen LogP) is 5.63. The summed E-state index contributed by atoms with van der Waals surface area (Å²) in [5.41, 5.74) is 2.90. The van der Waals surface area contributed by atoms with Crippen LogP contribution in [0.4, 0.5) is 4.79 Å². The van der Waals surface area contributed by atoms with Crippen molar-refractivity contribution in [2.45, 2.75) is 78.6 Å². The van der Waals surface area contributed by atoms with Gasteiger partial charge in [-0.3, -0.25) is 0 Å². The van der Waals surface area contributed by atoms with Crippen molar-refractivity contribution >= 4 is 23.7 Å². The van der Waals surface area contributed by atoms with Crippen molar-refractivity contribution in [3.8, 4) is 0 Å². The van der Waals surface area contributed by atoms with Gasteiger partial charge in [0.25, 0.3) is 0 Å². The van der Waals surface area contributed by atoms with Gasteiger partial charge in [-0.25, -0.2) is 0 Å². The molecular weight excluding hydrogens is 355 g/mol. The van der Waals surface area contributed by atoms with Crippen LogP contribution >= 0.6 is 0 Å². The fourth-order valence-corrected chi connectivity index (χ4v) is 9.30. The molecule has 1 radical (unpaired) electrons. The van der Waals surface area contributed by atoms with Crippen molar-refractivity contribution in [1.29, 1.82) is 0 Å². The zero-order chi connectivity index (χ0) is 15.0. The fourth-order valence-electron chi connectivity index (χ4n) is 2.79. The topological polar surface area (TPSA) is 37.3 Å². The number of unbranched alkanes of at least 4 members (excludes halogenated alkanes) is 3. The molecule has 1 N–H and O–H groups in total. The van der Waals surface area contributed by atoms with E-state index in [1.165, 1.54) is 40.4 Å². The molecule has 0 amide bonds. The van der Waals surface area contributed by atoms with Crippen molar-refractivity contribution in [3.63, 3.8) is 0 Å². The first-order valence-electron chi connectivity index (χ1n) is 8.19. The van der Waals surface area contributed by atoms with Gasteiger partial charge in [-0.15, -0.1) is 0 Å². The van der Waals surface area contributed by atoms with E-state index in [1.807, 2.05) is 0 Å². The second-order valence-electron chi connectivity index (χ2n) is 5.66. The Bertz CT molecular complexity index is 382. The Morgan fingerprint density at radius 1 is 1.00 bits per heavy atom. The molecule has 1 rings (SSSR count). The van der Waals surface area contributed by atoms with Gasteiger partial charge < -0.3 is 0 Å². The van der Waals surface area contributed by atoms with E-state index in [1.54, 1.807) is 0 Å². The summed E-state index contributed by atoms with van der Waals surface area (Å²) in [6, 6.07) is 0. The first-order chi connectivity index (χ1) is 9.65. The summed E-state index contributed by atoms with van der Waals surface area (Å²) >= 11 is -2.50. The van der Waals surface area contributed by atoms with Crippen LogP contribution in [0.3, 0.4) is 0 Å². The summed E-state index contributed by atoms with van der Waals surface area (Å²) in [6.45, 7) is 6.61. The van der Waals surface area contributed by atoms with Gasteiger partial charge in [0.2, 0.25) is 0 Å². The van der Waals surface area contributed by atoms with Crippen LogP contribution in [0.25, 0.3) is 0 Å². The molecule has 0 atom stereocenters. The van der Waals surface area contributed by atoms with E-state index in [4.69, 9.17) is 0 Å². The molecule has 0 saturated heterocycles. The second-order valence-corrected chi connectivity index (χ2v) is 11.8. The summed E-state index contributed by atoms with van der Waals surface area (Å²) in [7, 11) is 0. The number of carboxylic acid groups (broad SMARTS) is 1. The summed E-state index contributed by atoms with van der Waals surface area (Å²) < 4.78 is 3.16. The maximum atomic E-state index is 11.6. The van der Waals surface area contributed by atoms with E-state index >= 15 is 0 Å². The van der Waals surface area contributed by atoms with Crippen LogP contribution in [-0.2, 0) is 0 Å². The Labute approximate surface area is 131 Å². The SMILES string of the molecule is CCCCC1=[CH][Sn]([C](=O)O)[C](CCCC)=C1CCCC. The number of hydrogen-bond donors (Lipinski definition) is 1. The van der Waals surface area contributed by atoms with Gasteiger partial charge in [0.1, 0.15) is 0 Å². The first-order valence-corrected chi connectivity index (χ1v) is 12.7. The van der Waals surface area contributed by atoms with Crippen LogP contribution in [0.2, 0.25) is 0 Å². The number of hydrogen-bond acceptors (Lipinski definition) is 1. The molecule has 0 aromatic heterocycles. The van der Waals surface area contributed by atoms with Gasteiger partial charge in [-0.2, -0.15) is 0 Å². The average Bonchev–Trinajstić information content (AvgIpc) is 2.78. The average molecular weight is 384 g/mol. The molecule has 0 fully saturated rings. The Balaban J connectivity index is 2.97.